The Morgan fingerprint density at radius 3 is 1.65 bits per heavy atom. The van der Waals surface area contributed by atoms with Crippen LogP contribution in [0.1, 0.15) is 64.0 Å². The number of benzene rings is 5. The first-order valence-electron chi connectivity index (χ1n) is 16.9. The molecule has 1 aromatic heterocycles. The Kier molecular flexibility index (Phi) is 8.25. The normalized spacial score (nSPS) is 20.0. The fraction of sp³-hybridized carbons (Fsp3) is 0.279. The summed E-state index contributed by atoms with van der Waals surface area (Å²) in [6.07, 6.45) is 6.34. The van der Waals surface area contributed by atoms with Crippen LogP contribution in [0.3, 0.4) is 0 Å². The third-order valence-corrected chi connectivity index (χ3v) is 10.3. The summed E-state index contributed by atoms with van der Waals surface area (Å²) in [5.74, 6) is 3.58. The Balaban J connectivity index is 1.35. The minimum absolute atomic E-state index is 0.228. The van der Waals surface area contributed by atoms with Gasteiger partial charge in [-0.15, -0.1) is 0 Å². The molecule has 0 spiro atoms. The standard InChI is InChI=1S/C43H43N3/c1-5-43(27-30(3)15-16-31(4)28-43)35-23-21-34(22-24-35)41-44-40(33-11-7-6-8-12-33)45-42(46-41)39-26-25-36(32-19-17-29(2)18-20-32)37-13-9-10-14-38(37)39/h6-14,17-26,30-31H,5,15-16,27-28H2,1-4H3/t30-,31+,43?. The molecular formula is C43H43N3. The second-order valence-corrected chi connectivity index (χ2v) is 13.7. The van der Waals surface area contributed by atoms with Gasteiger partial charge in [-0.25, -0.2) is 15.0 Å². The van der Waals surface area contributed by atoms with E-state index in [1.165, 1.54) is 59.7 Å². The van der Waals surface area contributed by atoms with Crippen LogP contribution < -0.4 is 0 Å². The molecule has 5 aromatic carbocycles. The maximum atomic E-state index is 5.16. The topological polar surface area (TPSA) is 38.7 Å². The zero-order valence-corrected chi connectivity index (χ0v) is 27.5. The van der Waals surface area contributed by atoms with Crippen molar-refractivity contribution in [3.05, 3.63) is 126 Å². The molecule has 3 heteroatoms. The van der Waals surface area contributed by atoms with Crippen LogP contribution in [0.5, 0.6) is 0 Å². The van der Waals surface area contributed by atoms with E-state index in [2.05, 4.69) is 125 Å². The van der Waals surface area contributed by atoms with Crippen LogP contribution in [0.2, 0.25) is 0 Å². The van der Waals surface area contributed by atoms with Crippen LogP contribution in [0.25, 0.3) is 56.1 Å². The first-order chi connectivity index (χ1) is 22.4. The molecular weight excluding hydrogens is 558 g/mol. The van der Waals surface area contributed by atoms with Crippen molar-refractivity contribution in [1.82, 2.24) is 15.0 Å². The van der Waals surface area contributed by atoms with Crippen molar-refractivity contribution in [2.45, 2.75) is 65.2 Å². The second-order valence-electron chi connectivity index (χ2n) is 13.7. The molecule has 1 heterocycles. The molecule has 46 heavy (non-hydrogen) atoms. The first kappa shape index (κ1) is 30.0. The van der Waals surface area contributed by atoms with E-state index in [4.69, 9.17) is 15.0 Å². The summed E-state index contributed by atoms with van der Waals surface area (Å²) in [4.78, 5) is 15.3. The molecule has 230 valence electrons. The molecule has 0 aliphatic heterocycles. The lowest BCUT2D eigenvalue weighted by atomic mass is 9.69. The van der Waals surface area contributed by atoms with E-state index in [9.17, 15) is 0 Å². The first-order valence-corrected chi connectivity index (χ1v) is 16.9. The summed E-state index contributed by atoms with van der Waals surface area (Å²) in [6.45, 7) is 9.37. The minimum atomic E-state index is 0.228. The number of hydrogen-bond donors (Lipinski definition) is 0. The van der Waals surface area contributed by atoms with Gasteiger partial charge < -0.3 is 0 Å². The number of nitrogens with zero attached hydrogens (tertiary/aromatic N) is 3. The summed E-state index contributed by atoms with van der Waals surface area (Å²) in [6, 6.07) is 41.2. The van der Waals surface area contributed by atoms with Gasteiger partial charge in [-0.3, -0.25) is 0 Å². The molecule has 6 aromatic rings. The molecule has 0 saturated heterocycles. The zero-order valence-electron chi connectivity index (χ0n) is 27.5. The molecule has 3 atom stereocenters. The fourth-order valence-electron chi connectivity index (χ4n) is 7.71. The fourth-order valence-corrected chi connectivity index (χ4v) is 7.71. The van der Waals surface area contributed by atoms with E-state index in [0.29, 0.717) is 17.5 Å². The third kappa shape index (κ3) is 5.87. The quantitative estimate of drug-likeness (QED) is 0.178. The molecule has 0 amide bonds. The van der Waals surface area contributed by atoms with Gasteiger partial charge in [0.2, 0.25) is 0 Å². The maximum Gasteiger partial charge on any atom is 0.164 e. The monoisotopic (exact) mass is 601 g/mol. The highest BCUT2D eigenvalue weighted by Gasteiger charge is 2.36. The molecule has 1 fully saturated rings. The molecule has 1 unspecified atom stereocenters. The van der Waals surface area contributed by atoms with E-state index in [1.54, 1.807) is 0 Å². The molecule has 3 nitrogen and oxygen atoms in total. The largest absolute Gasteiger partial charge is 0.208 e. The van der Waals surface area contributed by atoms with Gasteiger partial charge in [0.1, 0.15) is 0 Å². The number of hydrogen-bond acceptors (Lipinski definition) is 3. The van der Waals surface area contributed by atoms with Crippen LogP contribution >= 0.6 is 0 Å². The van der Waals surface area contributed by atoms with Crippen molar-refractivity contribution >= 4 is 10.8 Å². The Morgan fingerprint density at radius 2 is 1.04 bits per heavy atom. The predicted molar refractivity (Wildman–Crippen MR) is 193 cm³/mol. The van der Waals surface area contributed by atoms with Crippen LogP contribution in [0.15, 0.2) is 115 Å². The summed E-state index contributed by atoms with van der Waals surface area (Å²) in [5, 5.41) is 2.32. The van der Waals surface area contributed by atoms with Crippen LogP contribution in [-0.2, 0) is 5.41 Å². The van der Waals surface area contributed by atoms with Crippen molar-refractivity contribution in [2.75, 3.05) is 0 Å². The molecule has 0 radical (unpaired) electrons. The van der Waals surface area contributed by atoms with Crippen LogP contribution in [0, 0.1) is 18.8 Å². The Bertz CT molecular complexity index is 1950. The van der Waals surface area contributed by atoms with Gasteiger partial charge in [-0.05, 0) is 77.0 Å². The van der Waals surface area contributed by atoms with E-state index in [0.717, 1.165) is 33.9 Å². The summed E-state index contributed by atoms with van der Waals surface area (Å²) < 4.78 is 0. The van der Waals surface area contributed by atoms with E-state index in [1.807, 2.05) is 18.2 Å². The maximum absolute atomic E-state index is 5.16. The summed E-state index contributed by atoms with van der Waals surface area (Å²) in [5.41, 5.74) is 8.36. The van der Waals surface area contributed by atoms with Crippen LogP contribution in [0.4, 0.5) is 0 Å². The summed E-state index contributed by atoms with van der Waals surface area (Å²) >= 11 is 0. The number of aryl methyl sites for hydroxylation is 1. The Labute approximate surface area is 273 Å². The SMILES string of the molecule is CCC1(c2ccc(-c3nc(-c4ccccc4)nc(-c4ccc(-c5ccc(C)cc5)c5ccccc45)n3)cc2)C[C@H](C)CC[C@H](C)C1. The Hall–Kier alpha value is -4.63. The van der Waals surface area contributed by atoms with E-state index >= 15 is 0 Å². The van der Waals surface area contributed by atoms with E-state index < -0.39 is 0 Å². The average molecular weight is 602 g/mol. The third-order valence-electron chi connectivity index (χ3n) is 10.3. The highest BCUT2D eigenvalue weighted by Crippen LogP contribution is 2.45. The summed E-state index contributed by atoms with van der Waals surface area (Å²) in [7, 11) is 0. The molecule has 7 rings (SSSR count). The van der Waals surface area contributed by atoms with Crippen molar-refractivity contribution in [3.63, 3.8) is 0 Å². The molecule has 1 aliphatic rings. The lowest BCUT2D eigenvalue weighted by molar-refractivity contribution is 0.295. The number of rotatable bonds is 6. The van der Waals surface area contributed by atoms with Crippen molar-refractivity contribution in [1.29, 1.82) is 0 Å². The second kappa shape index (κ2) is 12.6. The molecule has 1 saturated carbocycles. The highest BCUT2D eigenvalue weighted by molar-refractivity contribution is 6.04. The van der Waals surface area contributed by atoms with Gasteiger partial charge >= 0.3 is 0 Å². The number of fused-ring (bicyclic) bond motifs is 1. The zero-order chi connectivity index (χ0) is 31.7. The Morgan fingerprint density at radius 1 is 0.543 bits per heavy atom. The van der Waals surface area contributed by atoms with Crippen LogP contribution in [-0.4, -0.2) is 15.0 Å². The smallest absolute Gasteiger partial charge is 0.164 e. The number of aromatic nitrogens is 3. The van der Waals surface area contributed by atoms with Gasteiger partial charge in [0, 0.05) is 16.7 Å². The van der Waals surface area contributed by atoms with Crippen molar-refractivity contribution < 1.29 is 0 Å². The van der Waals surface area contributed by atoms with Crippen molar-refractivity contribution in [3.8, 4) is 45.3 Å². The van der Waals surface area contributed by atoms with Gasteiger partial charge in [-0.2, -0.15) is 0 Å². The minimum Gasteiger partial charge on any atom is -0.208 e. The van der Waals surface area contributed by atoms with Gasteiger partial charge in [0.05, 0.1) is 0 Å². The highest BCUT2D eigenvalue weighted by atomic mass is 15.0. The molecule has 1 aliphatic carbocycles. The molecule has 0 N–H and O–H groups in total. The van der Waals surface area contributed by atoms with Gasteiger partial charge in [-0.1, -0.05) is 148 Å². The van der Waals surface area contributed by atoms with Crippen molar-refractivity contribution in [2.24, 2.45) is 11.8 Å². The average Bonchev–Trinajstić information content (AvgIpc) is 3.26. The predicted octanol–water partition coefficient (Wildman–Crippen LogP) is 11.5. The van der Waals surface area contributed by atoms with E-state index in [-0.39, 0.29) is 5.41 Å². The lowest BCUT2D eigenvalue weighted by Crippen LogP contribution is -2.28. The van der Waals surface area contributed by atoms with Gasteiger partial charge in [0.15, 0.2) is 17.5 Å². The van der Waals surface area contributed by atoms with Gasteiger partial charge in [0.25, 0.3) is 0 Å². The molecule has 0 bridgehead atoms. The lowest BCUT2D eigenvalue weighted by Gasteiger charge is -2.35.